The van der Waals surface area contributed by atoms with Crippen LogP contribution in [0.15, 0.2) is 0 Å². The van der Waals surface area contributed by atoms with Crippen LogP contribution in [-0.4, -0.2) is 50.7 Å². The molecule has 2 N–H and O–H groups in total. The van der Waals surface area contributed by atoms with E-state index in [0.717, 1.165) is 0 Å². The van der Waals surface area contributed by atoms with Gasteiger partial charge >= 0.3 is 5.97 Å². The van der Waals surface area contributed by atoms with Crippen molar-refractivity contribution in [3.8, 4) is 0 Å². The van der Waals surface area contributed by atoms with Gasteiger partial charge in [0, 0.05) is 0 Å². The van der Waals surface area contributed by atoms with Gasteiger partial charge < -0.3 is 5.11 Å². The van der Waals surface area contributed by atoms with Crippen LogP contribution in [0.25, 0.3) is 0 Å². The van der Waals surface area contributed by atoms with Gasteiger partial charge in [0.15, 0.2) is 0 Å². The summed E-state index contributed by atoms with van der Waals surface area (Å²) in [5, 5.41) is 8.28. The fraction of sp³-hybridized carbons (Fsp3) is 0.909. The van der Waals surface area contributed by atoms with Crippen LogP contribution >= 0.6 is 0 Å². The van der Waals surface area contributed by atoms with Crippen molar-refractivity contribution in [2.75, 3.05) is 11.5 Å². The van der Waals surface area contributed by atoms with Crippen LogP contribution in [0.3, 0.4) is 0 Å². The first-order valence-electron chi connectivity index (χ1n) is 6.29. The maximum Gasteiger partial charge on any atom is 0.322 e. The number of nitrogens with one attached hydrogen (secondary N) is 1. The van der Waals surface area contributed by atoms with Gasteiger partial charge in [-0.1, -0.05) is 20.8 Å². The highest BCUT2D eigenvalue weighted by Crippen LogP contribution is 2.24. The zero-order valence-electron chi connectivity index (χ0n) is 11.8. The molecule has 118 valence electrons. The van der Waals surface area contributed by atoms with E-state index in [1.54, 1.807) is 20.8 Å². The molecule has 0 aromatic rings. The first kappa shape index (κ1) is 17.4. The lowest BCUT2D eigenvalue weighted by molar-refractivity contribution is -0.141. The lowest BCUT2D eigenvalue weighted by Gasteiger charge is -2.30. The van der Waals surface area contributed by atoms with Crippen LogP contribution in [0.1, 0.15) is 33.6 Å². The number of hydrogen-bond acceptors (Lipinski definition) is 5. The second kappa shape index (κ2) is 5.61. The van der Waals surface area contributed by atoms with E-state index < -0.39 is 42.5 Å². The summed E-state index contributed by atoms with van der Waals surface area (Å²) in [6.07, 6.45) is 0.0162. The van der Waals surface area contributed by atoms with Gasteiger partial charge in [0.05, 0.1) is 16.8 Å². The zero-order valence-corrected chi connectivity index (χ0v) is 13.4. The van der Waals surface area contributed by atoms with Gasteiger partial charge in [-0.05, 0) is 18.3 Å². The molecule has 1 aliphatic heterocycles. The largest absolute Gasteiger partial charge is 0.480 e. The van der Waals surface area contributed by atoms with Gasteiger partial charge in [-0.3, -0.25) is 4.79 Å². The SMILES string of the molecule is CC(C)(C)[C@H](NS(=O)(=O)C1CCS(=O)(=O)CC1)C(=O)O. The van der Waals surface area contributed by atoms with Crippen molar-refractivity contribution in [3.05, 3.63) is 0 Å². The Morgan fingerprint density at radius 1 is 1.25 bits per heavy atom. The molecule has 20 heavy (non-hydrogen) atoms. The topological polar surface area (TPSA) is 118 Å². The summed E-state index contributed by atoms with van der Waals surface area (Å²) >= 11 is 0. The minimum absolute atomic E-state index is 0.00808. The molecule has 1 aliphatic rings. The molecule has 0 radical (unpaired) electrons. The molecule has 0 aliphatic carbocycles. The molecule has 1 fully saturated rings. The maximum absolute atomic E-state index is 12.2. The predicted molar refractivity (Wildman–Crippen MR) is 74.6 cm³/mol. The summed E-state index contributed by atoms with van der Waals surface area (Å²) in [5.74, 6) is -1.60. The molecule has 0 unspecified atom stereocenters. The summed E-state index contributed by atoms with van der Waals surface area (Å²) in [6, 6.07) is -1.24. The molecule has 1 heterocycles. The first-order valence-corrected chi connectivity index (χ1v) is 9.66. The fourth-order valence-electron chi connectivity index (χ4n) is 2.04. The van der Waals surface area contributed by atoms with Crippen LogP contribution in [0.5, 0.6) is 0 Å². The molecule has 1 atom stereocenters. The fourth-order valence-corrected chi connectivity index (χ4v) is 5.66. The summed E-state index contributed by atoms with van der Waals surface area (Å²) < 4.78 is 49.2. The number of carbonyl (C=O) groups is 1. The Kier molecular flexibility index (Phi) is 4.87. The molecule has 0 bridgehead atoms. The number of sulfone groups is 1. The number of carboxylic acid groups (broad SMARTS) is 1. The van der Waals surface area contributed by atoms with Crippen molar-refractivity contribution in [2.45, 2.75) is 44.9 Å². The zero-order chi connectivity index (χ0) is 15.8. The molecule has 0 spiro atoms. The molecular weight excluding hydrogens is 306 g/mol. The number of sulfonamides is 1. The highest BCUT2D eigenvalue weighted by Gasteiger charge is 2.39. The average Bonchev–Trinajstić information content (AvgIpc) is 2.23. The average molecular weight is 327 g/mol. The van der Waals surface area contributed by atoms with Crippen molar-refractivity contribution < 1.29 is 26.7 Å². The number of carboxylic acids is 1. The number of aliphatic carboxylic acids is 1. The van der Waals surface area contributed by atoms with Crippen molar-refractivity contribution in [1.82, 2.24) is 4.72 Å². The number of hydrogen-bond donors (Lipinski definition) is 2. The molecule has 0 aromatic carbocycles. The smallest absolute Gasteiger partial charge is 0.322 e. The maximum atomic E-state index is 12.2. The van der Waals surface area contributed by atoms with E-state index in [1.165, 1.54) is 0 Å². The van der Waals surface area contributed by atoms with E-state index in [2.05, 4.69) is 4.72 Å². The van der Waals surface area contributed by atoms with E-state index in [9.17, 15) is 21.6 Å². The Hall–Kier alpha value is -0.670. The highest BCUT2D eigenvalue weighted by atomic mass is 32.2. The Labute approximate surface area is 119 Å². The second-order valence-corrected chi connectivity index (χ2v) is 10.4. The number of rotatable bonds is 4. The van der Waals surface area contributed by atoms with E-state index in [1.807, 2.05) is 0 Å². The van der Waals surface area contributed by atoms with Crippen LogP contribution in [0.2, 0.25) is 0 Å². The lowest BCUT2D eigenvalue weighted by atomic mass is 9.88. The van der Waals surface area contributed by atoms with E-state index >= 15 is 0 Å². The van der Waals surface area contributed by atoms with Gasteiger partial charge in [-0.2, -0.15) is 0 Å². The Morgan fingerprint density at radius 2 is 1.70 bits per heavy atom. The van der Waals surface area contributed by atoms with E-state index in [4.69, 9.17) is 5.11 Å². The van der Waals surface area contributed by atoms with Crippen molar-refractivity contribution in [2.24, 2.45) is 5.41 Å². The molecule has 7 nitrogen and oxygen atoms in total. The Balaban J connectivity index is 2.87. The minimum Gasteiger partial charge on any atom is -0.480 e. The van der Waals surface area contributed by atoms with Gasteiger partial charge in [-0.15, -0.1) is 0 Å². The Morgan fingerprint density at radius 3 is 2.05 bits per heavy atom. The van der Waals surface area contributed by atoms with Gasteiger partial charge in [0.1, 0.15) is 15.9 Å². The van der Waals surface area contributed by atoms with Crippen molar-refractivity contribution in [3.63, 3.8) is 0 Å². The van der Waals surface area contributed by atoms with Crippen LogP contribution in [0, 0.1) is 5.41 Å². The highest BCUT2D eigenvalue weighted by molar-refractivity contribution is 7.92. The Bertz CT molecular complexity index is 559. The summed E-state index contributed by atoms with van der Waals surface area (Å²) in [4.78, 5) is 11.2. The third kappa shape index (κ3) is 4.42. The molecule has 0 amide bonds. The normalized spacial score (nSPS) is 22.4. The molecule has 0 saturated carbocycles. The molecule has 0 aromatic heterocycles. The van der Waals surface area contributed by atoms with E-state index in [0.29, 0.717) is 0 Å². The lowest BCUT2D eigenvalue weighted by Crippen LogP contribution is -2.52. The van der Waals surface area contributed by atoms with Crippen LogP contribution in [0.4, 0.5) is 0 Å². The predicted octanol–water partition coefficient (Wildman–Crippen LogP) is -0.0177. The second-order valence-electron chi connectivity index (χ2n) is 6.15. The third-order valence-corrected chi connectivity index (χ3v) is 6.96. The summed E-state index contributed by atoms with van der Waals surface area (Å²) in [7, 11) is -7.01. The summed E-state index contributed by atoms with van der Waals surface area (Å²) in [6.45, 7) is 4.87. The minimum atomic E-state index is -3.86. The van der Waals surface area contributed by atoms with Gasteiger partial charge in [0.2, 0.25) is 10.0 Å². The summed E-state index contributed by atoms with van der Waals surface area (Å²) in [5.41, 5.74) is -0.778. The first-order chi connectivity index (χ1) is 8.85. The molecule has 1 rings (SSSR count). The van der Waals surface area contributed by atoms with Crippen LogP contribution < -0.4 is 4.72 Å². The third-order valence-electron chi connectivity index (χ3n) is 3.34. The standard InChI is InChI=1S/C11H21NO6S2/c1-11(2,3)9(10(13)14)12-20(17,18)8-4-6-19(15,16)7-5-8/h8-9,12H,4-7H2,1-3H3,(H,13,14)/t9-/m1/s1. The van der Waals surface area contributed by atoms with Crippen molar-refractivity contribution >= 4 is 25.8 Å². The molecular formula is C11H21NO6S2. The van der Waals surface area contributed by atoms with Gasteiger partial charge in [0.25, 0.3) is 0 Å². The molecule has 1 saturated heterocycles. The molecule has 9 heteroatoms. The van der Waals surface area contributed by atoms with E-state index in [-0.39, 0.29) is 24.3 Å². The van der Waals surface area contributed by atoms with Crippen LogP contribution in [-0.2, 0) is 24.7 Å². The van der Waals surface area contributed by atoms with Crippen molar-refractivity contribution in [1.29, 1.82) is 0 Å². The monoisotopic (exact) mass is 327 g/mol. The quantitative estimate of drug-likeness (QED) is 0.749. The van der Waals surface area contributed by atoms with Gasteiger partial charge in [-0.25, -0.2) is 21.6 Å².